The Morgan fingerprint density at radius 3 is 2.79 bits per heavy atom. The highest BCUT2D eigenvalue weighted by Crippen LogP contribution is 2.24. The fourth-order valence-corrected chi connectivity index (χ4v) is 1.84. The molecule has 0 unspecified atom stereocenters. The number of halogens is 2. The summed E-state index contributed by atoms with van der Waals surface area (Å²) in [6.07, 6.45) is 3.55. The van der Waals surface area contributed by atoms with Crippen LogP contribution in [0.2, 0.25) is 10.2 Å². The second-order valence-electron chi connectivity index (χ2n) is 2.52. The number of hydrogen-bond donors (Lipinski definition) is 0. The molecule has 0 bridgehead atoms. The van der Waals surface area contributed by atoms with Gasteiger partial charge in [-0.2, -0.15) is 0 Å². The summed E-state index contributed by atoms with van der Waals surface area (Å²) in [5.74, 6) is 0. The van der Waals surface area contributed by atoms with E-state index in [4.69, 9.17) is 23.2 Å². The van der Waals surface area contributed by atoms with Crippen molar-refractivity contribution in [2.45, 2.75) is 5.16 Å². The van der Waals surface area contributed by atoms with Gasteiger partial charge in [-0.3, -0.25) is 0 Å². The first kappa shape index (κ1) is 9.96. The third-order valence-corrected chi connectivity index (χ3v) is 2.71. The van der Waals surface area contributed by atoms with E-state index in [1.165, 1.54) is 11.8 Å². The van der Waals surface area contributed by atoms with Crippen molar-refractivity contribution in [1.29, 1.82) is 0 Å². The number of thioether (sulfide) groups is 1. The Hall–Kier alpha value is -0.580. The summed E-state index contributed by atoms with van der Waals surface area (Å²) in [4.78, 5) is 12.3. The van der Waals surface area contributed by atoms with Crippen molar-refractivity contribution in [2.75, 3.05) is 6.26 Å². The molecule has 3 nitrogen and oxygen atoms in total. The second-order valence-corrected chi connectivity index (χ2v) is 4.09. The molecule has 0 atom stereocenters. The monoisotopic (exact) mass is 245 g/mol. The standard InChI is InChI=1S/C8H5Cl2N3S/c1-14-8-11-3-4-5(9)2-6(10)12-7(4)13-8/h2-3H,1H3. The van der Waals surface area contributed by atoms with Gasteiger partial charge < -0.3 is 0 Å². The van der Waals surface area contributed by atoms with E-state index in [-0.39, 0.29) is 0 Å². The summed E-state index contributed by atoms with van der Waals surface area (Å²) in [5, 5.41) is 2.23. The normalized spacial score (nSPS) is 10.8. The van der Waals surface area contributed by atoms with Crippen LogP contribution >= 0.6 is 35.0 Å². The molecular weight excluding hydrogens is 241 g/mol. The van der Waals surface area contributed by atoms with Gasteiger partial charge in [0.05, 0.1) is 10.4 Å². The Balaban J connectivity index is 2.75. The Labute approximate surface area is 94.9 Å². The van der Waals surface area contributed by atoms with Crippen LogP contribution in [0, 0.1) is 0 Å². The molecule has 2 rings (SSSR count). The topological polar surface area (TPSA) is 38.7 Å². The van der Waals surface area contributed by atoms with Crippen LogP contribution in [0.4, 0.5) is 0 Å². The van der Waals surface area contributed by atoms with Crippen molar-refractivity contribution in [1.82, 2.24) is 15.0 Å². The highest BCUT2D eigenvalue weighted by molar-refractivity contribution is 7.98. The molecule has 72 valence electrons. The van der Waals surface area contributed by atoms with Crippen molar-refractivity contribution in [3.05, 3.63) is 22.4 Å². The lowest BCUT2D eigenvalue weighted by molar-refractivity contribution is 0.992. The molecular formula is C8H5Cl2N3S. The largest absolute Gasteiger partial charge is 0.230 e. The summed E-state index contributed by atoms with van der Waals surface area (Å²) in [5.41, 5.74) is 0.529. The van der Waals surface area contributed by atoms with Crippen LogP contribution in [-0.4, -0.2) is 21.2 Å². The quantitative estimate of drug-likeness (QED) is 0.440. The molecule has 0 radical (unpaired) electrons. The maximum Gasteiger partial charge on any atom is 0.189 e. The van der Waals surface area contributed by atoms with Crippen LogP contribution in [0.25, 0.3) is 11.0 Å². The minimum atomic E-state index is 0.341. The lowest BCUT2D eigenvalue weighted by atomic mass is 10.3. The number of nitrogens with zero attached hydrogens (tertiary/aromatic N) is 3. The maximum atomic E-state index is 5.95. The van der Waals surface area contributed by atoms with E-state index < -0.39 is 0 Å². The van der Waals surface area contributed by atoms with Crippen LogP contribution in [0.3, 0.4) is 0 Å². The van der Waals surface area contributed by atoms with Gasteiger partial charge in [0.1, 0.15) is 5.15 Å². The van der Waals surface area contributed by atoms with E-state index in [1.54, 1.807) is 12.3 Å². The Morgan fingerprint density at radius 1 is 1.29 bits per heavy atom. The predicted octanol–water partition coefficient (Wildman–Crippen LogP) is 3.05. The van der Waals surface area contributed by atoms with Crippen molar-refractivity contribution in [2.24, 2.45) is 0 Å². The highest BCUT2D eigenvalue weighted by atomic mass is 35.5. The fourth-order valence-electron chi connectivity index (χ4n) is 1.03. The average Bonchev–Trinajstić information content (AvgIpc) is 2.16. The Bertz CT molecular complexity index is 489. The first-order chi connectivity index (χ1) is 6.70. The number of pyridine rings is 1. The van der Waals surface area contributed by atoms with Gasteiger partial charge in [-0.15, -0.1) is 0 Å². The van der Waals surface area contributed by atoms with E-state index >= 15 is 0 Å². The SMILES string of the molecule is CSc1ncc2c(Cl)cc(Cl)nc2n1. The lowest BCUT2D eigenvalue weighted by Crippen LogP contribution is -1.90. The van der Waals surface area contributed by atoms with E-state index in [9.17, 15) is 0 Å². The van der Waals surface area contributed by atoms with Crippen molar-refractivity contribution >= 4 is 46.0 Å². The summed E-state index contributed by atoms with van der Waals surface area (Å²) in [6.45, 7) is 0. The van der Waals surface area contributed by atoms with Gasteiger partial charge in [0.25, 0.3) is 0 Å². The van der Waals surface area contributed by atoms with Gasteiger partial charge in [0.2, 0.25) is 0 Å². The van der Waals surface area contributed by atoms with E-state index in [0.29, 0.717) is 26.4 Å². The van der Waals surface area contributed by atoms with Gasteiger partial charge in [-0.25, -0.2) is 15.0 Å². The van der Waals surface area contributed by atoms with Gasteiger partial charge in [0.15, 0.2) is 10.8 Å². The van der Waals surface area contributed by atoms with Crippen LogP contribution < -0.4 is 0 Å². The van der Waals surface area contributed by atoms with Crippen LogP contribution in [-0.2, 0) is 0 Å². The van der Waals surface area contributed by atoms with Crippen molar-refractivity contribution < 1.29 is 0 Å². The summed E-state index contributed by atoms with van der Waals surface area (Å²) >= 11 is 13.2. The number of hydrogen-bond acceptors (Lipinski definition) is 4. The number of rotatable bonds is 1. The molecule has 0 saturated carbocycles. The smallest absolute Gasteiger partial charge is 0.189 e. The molecule has 0 aromatic carbocycles. The van der Waals surface area contributed by atoms with Gasteiger partial charge in [0, 0.05) is 6.20 Å². The predicted molar refractivity (Wildman–Crippen MR) is 59.1 cm³/mol. The second kappa shape index (κ2) is 3.88. The van der Waals surface area contributed by atoms with Gasteiger partial charge in [-0.05, 0) is 12.3 Å². The molecule has 0 fully saturated rings. The average molecular weight is 246 g/mol. The molecule has 2 heterocycles. The van der Waals surface area contributed by atoms with Crippen LogP contribution in [0.15, 0.2) is 17.4 Å². The van der Waals surface area contributed by atoms with Crippen LogP contribution in [0.5, 0.6) is 0 Å². The maximum absolute atomic E-state index is 5.95. The summed E-state index contributed by atoms with van der Waals surface area (Å²) in [6, 6.07) is 1.58. The zero-order chi connectivity index (χ0) is 10.1. The minimum Gasteiger partial charge on any atom is -0.230 e. The molecule has 0 aliphatic rings. The Morgan fingerprint density at radius 2 is 2.07 bits per heavy atom. The van der Waals surface area contributed by atoms with Crippen LogP contribution in [0.1, 0.15) is 0 Å². The van der Waals surface area contributed by atoms with E-state index in [1.807, 2.05) is 6.26 Å². The first-order valence-corrected chi connectivity index (χ1v) is 5.71. The molecule has 0 aliphatic carbocycles. The summed E-state index contributed by atoms with van der Waals surface area (Å²) in [7, 11) is 0. The lowest BCUT2D eigenvalue weighted by Gasteiger charge is -2.00. The highest BCUT2D eigenvalue weighted by Gasteiger charge is 2.05. The molecule has 0 aliphatic heterocycles. The zero-order valence-electron chi connectivity index (χ0n) is 7.16. The molecule has 2 aromatic heterocycles. The number of aromatic nitrogens is 3. The molecule has 6 heteroatoms. The zero-order valence-corrected chi connectivity index (χ0v) is 9.49. The Kier molecular flexibility index (Phi) is 2.76. The third-order valence-electron chi connectivity index (χ3n) is 1.64. The molecule has 0 amide bonds. The van der Waals surface area contributed by atoms with Crippen molar-refractivity contribution in [3.63, 3.8) is 0 Å². The molecule has 14 heavy (non-hydrogen) atoms. The van der Waals surface area contributed by atoms with Gasteiger partial charge in [-0.1, -0.05) is 35.0 Å². The molecule has 0 N–H and O–H groups in total. The first-order valence-electron chi connectivity index (χ1n) is 3.73. The molecule has 0 spiro atoms. The van der Waals surface area contributed by atoms with Crippen molar-refractivity contribution in [3.8, 4) is 0 Å². The van der Waals surface area contributed by atoms with Gasteiger partial charge >= 0.3 is 0 Å². The van der Waals surface area contributed by atoms with E-state index in [2.05, 4.69) is 15.0 Å². The third kappa shape index (κ3) is 1.78. The molecule has 0 saturated heterocycles. The number of fused-ring (bicyclic) bond motifs is 1. The fraction of sp³-hybridized carbons (Fsp3) is 0.125. The summed E-state index contributed by atoms with van der Waals surface area (Å²) < 4.78 is 0. The molecule has 2 aromatic rings. The van der Waals surface area contributed by atoms with E-state index in [0.717, 1.165) is 0 Å². The minimum absolute atomic E-state index is 0.341.